The molecule has 0 bridgehead atoms. The molecule has 1 amide bonds. The molecule has 1 unspecified atom stereocenters. The summed E-state index contributed by atoms with van der Waals surface area (Å²) in [5.41, 5.74) is 5.30. The summed E-state index contributed by atoms with van der Waals surface area (Å²) in [5.74, 6) is 2.22. The van der Waals surface area contributed by atoms with Gasteiger partial charge in [-0.3, -0.25) is 9.69 Å². The van der Waals surface area contributed by atoms with E-state index in [4.69, 9.17) is 14.6 Å². The fourth-order valence-corrected chi connectivity index (χ4v) is 4.87. The molecule has 0 N–H and O–H groups in total. The van der Waals surface area contributed by atoms with Crippen molar-refractivity contribution >= 4 is 11.6 Å². The second kappa shape index (κ2) is 9.96. The van der Waals surface area contributed by atoms with Crippen molar-refractivity contribution in [1.29, 1.82) is 0 Å². The molecule has 1 fully saturated rings. The number of carbonyl (C=O) groups is 1. The van der Waals surface area contributed by atoms with Crippen molar-refractivity contribution in [2.45, 2.75) is 46.1 Å². The van der Waals surface area contributed by atoms with Crippen molar-refractivity contribution in [3.05, 3.63) is 58.7 Å². The Balaban J connectivity index is 1.66. The Bertz CT molecular complexity index is 1040. The quantitative estimate of drug-likeness (QED) is 0.640. The second-order valence-electron chi connectivity index (χ2n) is 9.39. The number of piperidine rings is 1. The maximum absolute atomic E-state index is 13.5. The summed E-state index contributed by atoms with van der Waals surface area (Å²) in [5, 5.41) is 6.59. The third-order valence-corrected chi connectivity index (χ3v) is 6.90. The predicted molar refractivity (Wildman–Crippen MR) is 131 cm³/mol. The first kappa shape index (κ1) is 23.3. The molecule has 2 heterocycles. The highest BCUT2D eigenvalue weighted by Crippen LogP contribution is 2.37. The molecule has 4 rings (SSSR count). The normalized spacial score (nSPS) is 19.5. The fourth-order valence-electron chi connectivity index (χ4n) is 4.87. The Morgan fingerprint density at radius 2 is 1.82 bits per heavy atom. The number of hydrogen-bond acceptors (Lipinski definition) is 5. The first-order chi connectivity index (χ1) is 15.9. The molecule has 33 heavy (non-hydrogen) atoms. The molecular weight excluding hydrogens is 414 g/mol. The van der Waals surface area contributed by atoms with Gasteiger partial charge < -0.3 is 9.47 Å². The number of aryl methyl sites for hydroxylation is 2. The third kappa shape index (κ3) is 5.06. The van der Waals surface area contributed by atoms with Crippen molar-refractivity contribution in [1.82, 2.24) is 9.91 Å². The van der Waals surface area contributed by atoms with Crippen molar-refractivity contribution in [3.8, 4) is 11.5 Å². The van der Waals surface area contributed by atoms with Crippen molar-refractivity contribution < 1.29 is 14.3 Å². The SMILES string of the molecule is COc1ccc(C2=NN(C(=O)CN3CCC(C)CC3)C(c3ccc(C)cc3C)C2)c(OC)c1. The van der Waals surface area contributed by atoms with Gasteiger partial charge in [0.2, 0.25) is 0 Å². The molecule has 2 aliphatic heterocycles. The van der Waals surface area contributed by atoms with Crippen LogP contribution in [0.5, 0.6) is 11.5 Å². The largest absolute Gasteiger partial charge is 0.497 e. The zero-order valence-corrected chi connectivity index (χ0v) is 20.4. The third-order valence-electron chi connectivity index (χ3n) is 6.90. The van der Waals surface area contributed by atoms with Crippen molar-refractivity contribution in [2.24, 2.45) is 11.0 Å². The monoisotopic (exact) mass is 449 g/mol. The number of amides is 1. The summed E-state index contributed by atoms with van der Waals surface area (Å²) >= 11 is 0. The van der Waals surface area contributed by atoms with E-state index in [9.17, 15) is 4.79 Å². The van der Waals surface area contributed by atoms with Crippen LogP contribution in [0.4, 0.5) is 0 Å². The molecule has 6 nitrogen and oxygen atoms in total. The van der Waals surface area contributed by atoms with E-state index in [1.54, 1.807) is 19.2 Å². The minimum absolute atomic E-state index is 0.0528. The van der Waals surface area contributed by atoms with Gasteiger partial charge in [0.1, 0.15) is 11.5 Å². The van der Waals surface area contributed by atoms with Gasteiger partial charge in [-0.2, -0.15) is 5.10 Å². The first-order valence-electron chi connectivity index (χ1n) is 11.8. The van der Waals surface area contributed by atoms with Gasteiger partial charge in [-0.1, -0.05) is 30.7 Å². The average Bonchev–Trinajstić information content (AvgIpc) is 3.25. The van der Waals surface area contributed by atoms with Crippen molar-refractivity contribution in [3.63, 3.8) is 0 Å². The number of benzene rings is 2. The van der Waals surface area contributed by atoms with E-state index in [0.29, 0.717) is 18.7 Å². The van der Waals surface area contributed by atoms with E-state index in [2.05, 4.69) is 43.9 Å². The Labute approximate surface area is 197 Å². The van der Waals surface area contributed by atoms with E-state index in [1.165, 1.54) is 11.1 Å². The molecule has 2 aromatic carbocycles. The molecule has 2 aliphatic rings. The Morgan fingerprint density at radius 3 is 2.48 bits per heavy atom. The lowest BCUT2D eigenvalue weighted by Gasteiger charge is -2.31. The summed E-state index contributed by atoms with van der Waals surface area (Å²) in [6, 6.07) is 12.1. The average molecular weight is 450 g/mol. The number of likely N-dealkylation sites (tertiary alicyclic amines) is 1. The van der Waals surface area contributed by atoms with Crippen LogP contribution in [0, 0.1) is 19.8 Å². The number of nitrogens with zero attached hydrogens (tertiary/aromatic N) is 3. The van der Waals surface area contributed by atoms with E-state index < -0.39 is 0 Å². The Hall–Kier alpha value is -2.86. The zero-order valence-electron chi connectivity index (χ0n) is 20.4. The fraction of sp³-hybridized carbons (Fsp3) is 0.481. The molecule has 6 heteroatoms. The highest BCUT2D eigenvalue weighted by molar-refractivity contribution is 6.05. The van der Waals surface area contributed by atoms with E-state index >= 15 is 0 Å². The van der Waals surface area contributed by atoms with E-state index in [0.717, 1.165) is 54.4 Å². The highest BCUT2D eigenvalue weighted by Gasteiger charge is 2.35. The molecule has 0 saturated carbocycles. The van der Waals surface area contributed by atoms with Crippen LogP contribution in [-0.2, 0) is 4.79 Å². The lowest BCUT2D eigenvalue weighted by atomic mass is 9.94. The summed E-state index contributed by atoms with van der Waals surface area (Å²) in [6.07, 6.45) is 2.94. The first-order valence-corrected chi connectivity index (χ1v) is 11.8. The van der Waals surface area contributed by atoms with Crippen LogP contribution in [0.25, 0.3) is 0 Å². The van der Waals surface area contributed by atoms with Crippen LogP contribution in [0.1, 0.15) is 54.5 Å². The molecular formula is C27H35N3O3. The molecule has 0 radical (unpaired) electrons. The lowest BCUT2D eigenvalue weighted by Crippen LogP contribution is -2.41. The topological polar surface area (TPSA) is 54.4 Å². The minimum Gasteiger partial charge on any atom is -0.497 e. The smallest absolute Gasteiger partial charge is 0.257 e. The molecule has 1 saturated heterocycles. The number of rotatable bonds is 6. The van der Waals surface area contributed by atoms with Gasteiger partial charge in [-0.25, -0.2) is 5.01 Å². The minimum atomic E-state index is -0.122. The summed E-state index contributed by atoms with van der Waals surface area (Å²) in [7, 11) is 3.29. The van der Waals surface area contributed by atoms with E-state index in [-0.39, 0.29) is 11.9 Å². The van der Waals surface area contributed by atoms with Crippen LogP contribution in [0.15, 0.2) is 41.5 Å². The molecule has 2 aromatic rings. The number of hydrogen-bond donors (Lipinski definition) is 0. The summed E-state index contributed by atoms with van der Waals surface area (Å²) in [6.45, 7) is 8.84. The van der Waals surface area contributed by atoms with Gasteiger partial charge in [-0.15, -0.1) is 0 Å². The van der Waals surface area contributed by atoms with Gasteiger partial charge in [0, 0.05) is 18.1 Å². The number of carbonyl (C=O) groups excluding carboxylic acids is 1. The molecule has 176 valence electrons. The maximum atomic E-state index is 13.5. The number of methoxy groups -OCH3 is 2. The van der Waals surface area contributed by atoms with Gasteiger partial charge in [0.25, 0.3) is 5.91 Å². The highest BCUT2D eigenvalue weighted by atomic mass is 16.5. The molecule has 0 aromatic heterocycles. The Kier molecular flexibility index (Phi) is 7.03. The lowest BCUT2D eigenvalue weighted by molar-refractivity contribution is -0.134. The van der Waals surface area contributed by atoms with Crippen LogP contribution in [0.2, 0.25) is 0 Å². The molecule has 0 aliphatic carbocycles. The van der Waals surface area contributed by atoms with Gasteiger partial charge >= 0.3 is 0 Å². The maximum Gasteiger partial charge on any atom is 0.257 e. The van der Waals surface area contributed by atoms with Crippen LogP contribution in [0.3, 0.4) is 0 Å². The van der Waals surface area contributed by atoms with Crippen molar-refractivity contribution in [2.75, 3.05) is 33.9 Å². The Morgan fingerprint density at radius 1 is 1.06 bits per heavy atom. The summed E-state index contributed by atoms with van der Waals surface area (Å²) < 4.78 is 11.0. The van der Waals surface area contributed by atoms with Gasteiger partial charge in [-0.05, 0) is 69.0 Å². The standard InChI is InChI=1S/C27H35N3O3/c1-18-10-12-29(13-11-18)17-27(31)30-25(22-8-6-19(2)14-20(22)3)16-24(28-30)23-9-7-21(32-4)15-26(23)33-5/h6-9,14-15,18,25H,10-13,16-17H2,1-5H3. The van der Waals surface area contributed by atoms with Gasteiger partial charge in [0.15, 0.2) is 0 Å². The van der Waals surface area contributed by atoms with Gasteiger partial charge in [0.05, 0.1) is 32.5 Å². The molecule has 1 atom stereocenters. The predicted octanol–water partition coefficient (Wildman–Crippen LogP) is 4.73. The zero-order chi connectivity index (χ0) is 23.5. The number of ether oxygens (including phenoxy) is 2. The van der Waals surface area contributed by atoms with Crippen LogP contribution in [-0.4, -0.2) is 55.4 Å². The second-order valence-corrected chi connectivity index (χ2v) is 9.39. The molecule has 0 spiro atoms. The number of hydrazone groups is 1. The van der Waals surface area contributed by atoms with Crippen LogP contribution >= 0.6 is 0 Å². The summed E-state index contributed by atoms with van der Waals surface area (Å²) in [4.78, 5) is 15.8. The van der Waals surface area contributed by atoms with E-state index in [1.807, 2.05) is 18.2 Å². The van der Waals surface area contributed by atoms with Crippen LogP contribution < -0.4 is 9.47 Å².